The van der Waals surface area contributed by atoms with Crippen LogP contribution in [0.15, 0.2) is 12.1 Å². The molecule has 0 fully saturated rings. The second kappa shape index (κ2) is 6.97. The molecule has 1 aromatic carbocycles. The van der Waals surface area contributed by atoms with Crippen LogP contribution in [0.1, 0.15) is 96.1 Å². The van der Waals surface area contributed by atoms with E-state index in [1.165, 1.54) is 0 Å². The first-order chi connectivity index (χ1) is 10.6. The molecule has 0 aliphatic carbocycles. The number of phenolic OH excluding ortho intramolecular Hbond substituents is 1. The van der Waals surface area contributed by atoms with E-state index in [2.05, 4.69) is 71.1 Å². The molecule has 136 valence electrons. The molecule has 0 bridgehead atoms. The minimum Gasteiger partial charge on any atom is -0.507 e. The minimum atomic E-state index is -0.439. The van der Waals surface area contributed by atoms with Crippen molar-refractivity contribution in [1.29, 1.82) is 0 Å². The topological polar surface area (TPSA) is 37.3 Å². The van der Waals surface area contributed by atoms with Crippen LogP contribution in [0.25, 0.3) is 0 Å². The Balaban J connectivity index is 3.49. The van der Waals surface area contributed by atoms with Crippen molar-refractivity contribution in [3.05, 3.63) is 28.8 Å². The van der Waals surface area contributed by atoms with E-state index in [1.54, 1.807) is 0 Å². The van der Waals surface area contributed by atoms with E-state index >= 15 is 0 Å². The highest BCUT2D eigenvalue weighted by Crippen LogP contribution is 2.41. The molecular formula is C21H33IO2. The molecule has 0 aliphatic heterocycles. The number of rotatable bonds is 5. The molecule has 0 radical (unpaired) electrons. The fraction of sp³-hybridized carbons (Fsp3) is 0.667. The lowest BCUT2D eigenvalue weighted by Gasteiger charge is -2.31. The molecule has 0 unspecified atom stereocenters. The number of carbonyl (C=O) groups excluding carboxylic acids is 1. The molecule has 0 saturated heterocycles. The Morgan fingerprint density at radius 3 is 1.96 bits per heavy atom. The minimum absolute atomic E-state index is 0.0571. The fourth-order valence-electron chi connectivity index (χ4n) is 3.32. The SMILES string of the molecule is CC(C)c1cc(C(=O)C(C)(C)CC(C)(C)I)cc(C(C)(C)C)c1O. The number of ketones is 1. The van der Waals surface area contributed by atoms with E-state index in [-0.39, 0.29) is 20.5 Å². The van der Waals surface area contributed by atoms with Crippen LogP contribution in [0.4, 0.5) is 0 Å². The van der Waals surface area contributed by atoms with Crippen molar-refractivity contribution in [2.75, 3.05) is 0 Å². The molecule has 0 spiro atoms. The van der Waals surface area contributed by atoms with E-state index < -0.39 is 5.41 Å². The van der Waals surface area contributed by atoms with Gasteiger partial charge in [0.25, 0.3) is 0 Å². The lowest BCUT2D eigenvalue weighted by atomic mass is 9.75. The summed E-state index contributed by atoms with van der Waals surface area (Å²) in [4.78, 5) is 13.2. The van der Waals surface area contributed by atoms with Gasteiger partial charge in [-0.05, 0) is 35.4 Å². The Morgan fingerprint density at radius 2 is 1.58 bits per heavy atom. The average Bonchev–Trinajstić information content (AvgIpc) is 2.33. The number of hydrogen-bond donors (Lipinski definition) is 1. The van der Waals surface area contributed by atoms with Gasteiger partial charge >= 0.3 is 0 Å². The molecule has 1 N–H and O–H groups in total. The third-order valence-corrected chi connectivity index (χ3v) is 4.69. The van der Waals surface area contributed by atoms with Crippen LogP contribution in [-0.4, -0.2) is 14.3 Å². The average molecular weight is 444 g/mol. The molecule has 2 nitrogen and oxygen atoms in total. The number of phenols is 1. The zero-order valence-corrected chi connectivity index (χ0v) is 18.8. The molecule has 1 aromatic rings. The summed E-state index contributed by atoms with van der Waals surface area (Å²) in [6.07, 6.45) is 0.808. The normalized spacial score (nSPS) is 13.5. The number of benzene rings is 1. The first kappa shape index (κ1) is 21.5. The van der Waals surface area contributed by atoms with Crippen LogP contribution in [0.2, 0.25) is 0 Å². The van der Waals surface area contributed by atoms with E-state index in [4.69, 9.17) is 0 Å². The molecule has 0 heterocycles. The van der Waals surface area contributed by atoms with Crippen LogP contribution in [0.5, 0.6) is 5.75 Å². The highest BCUT2D eigenvalue weighted by atomic mass is 127. The maximum absolute atomic E-state index is 13.2. The van der Waals surface area contributed by atoms with Crippen LogP contribution >= 0.6 is 22.6 Å². The van der Waals surface area contributed by atoms with Gasteiger partial charge in [0.2, 0.25) is 0 Å². The lowest BCUT2D eigenvalue weighted by molar-refractivity contribution is 0.0817. The van der Waals surface area contributed by atoms with Gasteiger partial charge in [0.15, 0.2) is 5.78 Å². The summed E-state index contributed by atoms with van der Waals surface area (Å²) >= 11 is 2.40. The highest BCUT2D eigenvalue weighted by molar-refractivity contribution is 14.1. The molecule has 0 saturated carbocycles. The smallest absolute Gasteiger partial charge is 0.168 e. The monoisotopic (exact) mass is 444 g/mol. The summed E-state index contributed by atoms with van der Waals surface area (Å²) in [5.41, 5.74) is 1.77. The summed E-state index contributed by atoms with van der Waals surface area (Å²) < 4.78 is 0.0571. The fourth-order valence-corrected chi connectivity index (χ4v) is 4.28. The van der Waals surface area contributed by atoms with Gasteiger partial charge in [0.1, 0.15) is 5.75 Å². The summed E-state index contributed by atoms with van der Waals surface area (Å²) in [6, 6.07) is 3.78. The van der Waals surface area contributed by atoms with Crippen LogP contribution in [-0.2, 0) is 5.41 Å². The predicted octanol–water partition coefficient (Wildman–Crippen LogP) is 6.63. The number of carbonyl (C=O) groups is 1. The van der Waals surface area contributed by atoms with E-state index in [0.29, 0.717) is 11.3 Å². The number of halogens is 1. The van der Waals surface area contributed by atoms with Gasteiger partial charge in [-0.25, -0.2) is 0 Å². The quantitative estimate of drug-likeness (QED) is 0.315. The van der Waals surface area contributed by atoms with Crippen LogP contribution in [0.3, 0.4) is 0 Å². The Labute approximate surface area is 161 Å². The van der Waals surface area contributed by atoms with Crippen molar-refractivity contribution >= 4 is 28.4 Å². The Hall–Kier alpha value is -0.580. The van der Waals surface area contributed by atoms with Gasteiger partial charge in [0.05, 0.1) is 0 Å². The second-order valence-electron chi connectivity index (χ2n) is 9.47. The molecule has 0 amide bonds. The van der Waals surface area contributed by atoms with Gasteiger partial charge in [-0.15, -0.1) is 0 Å². The van der Waals surface area contributed by atoms with E-state index in [9.17, 15) is 9.90 Å². The molecule has 3 heteroatoms. The first-order valence-electron chi connectivity index (χ1n) is 8.67. The number of alkyl halides is 1. The van der Waals surface area contributed by atoms with Crippen molar-refractivity contribution in [1.82, 2.24) is 0 Å². The molecule has 24 heavy (non-hydrogen) atoms. The van der Waals surface area contributed by atoms with Gasteiger partial charge in [0, 0.05) is 20.0 Å². The van der Waals surface area contributed by atoms with Crippen molar-refractivity contribution < 1.29 is 9.90 Å². The maximum atomic E-state index is 13.2. The third-order valence-electron chi connectivity index (χ3n) is 4.31. The molecule has 0 aromatic heterocycles. The van der Waals surface area contributed by atoms with Crippen molar-refractivity contribution in [3.8, 4) is 5.75 Å². The van der Waals surface area contributed by atoms with Crippen LogP contribution < -0.4 is 0 Å². The largest absolute Gasteiger partial charge is 0.507 e. The number of hydrogen-bond acceptors (Lipinski definition) is 2. The summed E-state index contributed by atoms with van der Waals surface area (Å²) in [7, 11) is 0. The summed E-state index contributed by atoms with van der Waals surface area (Å²) in [5.74, 6) is 0.656. The predicted molar refractivity (Wildman–Crippen MR) is 112 cm³/mol. The lowest BCUT2D eigenvalue weighted by Crippen LogP contribution is -2.31. The van der Waals surface area contributed by atoms with Gasteiger partial charge < -0.3 is 5.11 Å². The highest BCUT2D eigenvalue weighted by Gasteiger charge is 2.35. The standard InChI is InChI=1S/C21H33IO2/c1-13(2)15-10-14(11-16(17(15)23)19(3,4)5)18(24)20(6,7)12-21(8,9)22/h10-11,13,23H,12H2,1-9H3. The van der Waals surface area contributed by atoms with Gasteiger partial charge in [-0.3, -0.25) is 4.79 Å². The first-order valence-corrected chi connectivity index (χ1v) is 9.75. The molecule has 0 atom stereocenters. The maximum Gasteiger partial charge on any atom is 0.168 e. The van der Waals surface area contributed by atoms with Crippen molar-refractivity contribution in [2.24, 2.45) is 5.41 Å². The molecular weight excluding hydrogens is 411 g/mol. The van der Waals surface area contributed by atoms with E-state index in [0.717, 1.165) is 17.5 Å². The summed E-state index contributed by atoms with van der Waals surface area (Å²) in [5, 5.41) is 10.7. The number of Topliss-reactive ketones (excluding diaryl/α,β-unsaturated/α-hetero) is 1. The zero-order valence-electron chi connectivity index (χ0n) is 16.7. The Kier molecular flexibility index (Phi) is 6.23. The second-order valence-corrected chi connectivity index (χ2v) is 12.4. The van der Waals surface area contributed by atoms with Crippen molar-refractivity contribution in [2.45, 2.75) is 83.5 Å². The molecule has 0 aliphatic rings. The molecule has 1 rings (SSSR count). The zero-order chi connectivity index (χ0) is 19.1. The summed E-state index contributed by atoms with van der Waals surface area (Å²) in [6.45, 7) is 18.7. The van der Waals surface area contributed by atoms with Crippen LogP contribution in [0, 0.1) is 5.41 Å². The number of aromatic hydroxyl groups is 1. The van der Waals surface area contributed by atoms with E-state index in [1.807, 2.05) is 26.0 Å². The Morgan fingerprint density at radius 1 is 1.08 bits per heavy atom. The van der Waals surface area contributed by atoms with Gasteiger partial charge in [-0.2, -0.15) is 0 Å². The third kappa shape index (κ3) is 5.21. The van der Waals surface area contributed by atoms with Crippen molar-refractivity contribution in [3.63, 3.8) is 0 Å². The van der Waals surface area contributed by atoms with Gasteiger partial charge in [-0.1, -0.05) is 84.9 Å². The Bertz CT molecular complexity index is 614.